The van der Waals surface area contributed by atoms with Crippen molar-refractivity contribution in [3.63, 3.8) is 0 Å². The molecule has 4 aromatic rings. The Hall–Kier alpha value is -4.71. The first kappa shape index (κ1) is 29.3. The summed E-state index contributed by atoms with van der Waals surface area (Å²) in [5.74, 6) is -1.34. The predicted octanol–water partition coefficient (Wildman–Crippen LogP) is 6.91. The van der Waals surface area contributed by atoms with Gasteiger partial charge in [-0.05, 0) is 40.8 Å². The number of unbranched alkanes of at least 4 members (excludes halogenated alkanes) is 1. The van der Waals surface area contributed by atoms with Gasteiger partial charge < -0.3 is 14.9 Å². The molecule has 0 atom stereocenters. The Labute approximate surface area is 241 Å². The van der Waals surface area contributed by atoms with Crippen molar-refractivity contribution in [3.8, 4) is 11.1 Å². The Balaban J connectivity index is 1.70. The number of amides is 2. The first-order valence-corrected chi connectivity index (χ1v) is 14.0. The van der Waals surface area contributed by atoms with E-state index in [1.165, 1.54) is 0 Å². The molecule has 4 aromatic carbocycles. The van der Waals surface area contributed by atoms with Gasteiger partial charge in [-0.25, -0.2) is 0 Å². The molecule has 0 saturated heterocycles. The number of carbonyl (C=O) groups is 3. The number of aliphatic carboxylic acids is 1. The van der Waals surface area contributed by atoms with Gasteiger partial charge in [0.25, 0.3) is 11.8 Å². The number of carbonyl (C=O) groups excluding carboxylic acids is 2. The summed E-state index contributed by atoms with van der Waals surface area (Å²) in [6, 6.07) is 34.1. The van der Waals surface area contributed by atoms with Crippen molar-refractivity contribution in [1.29, 1.82) is 0 Å². The van der Waals surface area contributed by atoms with E-state index in [4.69, 9.17) is 0 Å². The van der Waals surface area contributed by atoms with Gasteiger partial charge in [0.05, 0.1) is 6.42 Å². The van der Waals surface area contributed by atoms with Crippen LogP contribution in [0.25, 0.3) is 11.1 Å². The van der Waals surface area contributed by atoms with Crippen LogP contribution in [0.4, 0.5) is 0 Å². The number of benzene rings is 4. The molecule has 0 heterocycles. The molecule has 210 valence electrons. The Morgan fingerprint density at radius 3 is 1.44 bits per heavy atom. The van der Waals surface area contributed by atoms with Gasteiger partial charge in [0.1, 0.15) is 0 Å². The van der Waals surface area contributed by atoms with Crippen LogP contribution in [0, 0.1) is 0 Å². The molecule has 0 aromatic heterocycles. The summed E-state index contributed by atoms with van der Waals surface area (Å²) in [6.07, 6.45) is 1.68. The molecule has 6 nitrogen and oxygen atoms in total. The van der Waals surface area contributed by atoms with Gasteiger partial charge in [-0.2, -0.15) is 0 Å². The normalized spacial score (nSPS) is 10.7. The molecule has 0 spiro atoms. The maximum Gasteiger partial charge on any atom is 0.305 e. The smallest absolute Gasteiger partial charge is 0.305 e. The zero-order valence-electron chi connectivity index (χ0n) is 23.4. The second-order valence-electron chi connectivity index (χ2n) is 10.0. The molecule has 0 aliphatic carbocycles. The molecule has 0 aliphatic heterocycles. The van der Waals surface area contributed by atoms with Crippen LogP contribution in [-0.4, -0.2) is 45.8 Å². The fourth-order valence-corrected chi connectivity index (χ4v) is 4.84. The lowest BCUT2D eigenvalue weighted by atomic mass is 9.93. The van der Waals surface area contributed by atoms with Crippen LogP contribution in [0.15, 0.2) is 109 Å². The van der Waals surface area contributed by atoms with Crippen LogP contribution >= 0.6 is 0 Å². The third-order valence-corrected chi connectivity index (χ3v) is 6.99. The van der Waals surface area contributed by atoms with Gasteiger partial charge in [0, 0.05) is 37.3 Å². The quantitative estimate of drug-likeness (QED) is 0.197. The number of hydrogen-bond donors (Lipinski definition) is 1. The van der Waals surface area contributed by atoms with Gasteiger partial charge in [0.15, 0.2) is 0 Å². The van der Waals surface area contributed by atoms with Gasteiger partial charge in [-0.15, -0.1) is 0 Å². The van der Waals surface area contributed by atoms with Crippen molar-refractivity contribution in [2.24, 2.45) is 0 Å². The van der Waals surface area contributed by atoms with Gasteiger partial charge in [-0.3, -0.25) is 14.4 Å². The van der Waals surface area contributed by atoms with E-state index in [0.29, 0.717) is 35.3 Å². The summed E-state index contributed by atoms with van der Waals surface area (Å²) in [5, 5.41) is 9.35. The standard InChI is InChI=1S/C35H36N2O4/c1-2-3-23-36(25-27-14-6-4-7-15-27)34(40)31-20-12-10-18-29(31)30-19-11-13-21-32(30)35(41)37(24-22-33(38)39)26-28-16-8-5-9-17-28/h4-21H,2-3,22-26H2,1H3,(H,38,39). The summed E-state index contributed by atoms with van der Waals surface area (Å²) >= 11 is 0. The van der Waals surface area contributed by atoms with E-state index < -0.39 is 5.97 Å². The van der Waals surface area contributed by atoms with Crippen LogP contribution in [0.1, 0.15) is 58.0 Å². The van der Waals surface area contributed by atoms with E-state index in [2.05, 4.69) is 6.92 Å². The third kappa shape index (κ3) is 7.92. The average molecular weight is 549 g/mol. The molecule has 0 fully saturated rings. The van der Waals surface area contributed by atoms with E-state index in [1.807, 2.05) is 102 Å². The van der Waals surface area contributed by atoms with Crippen LogP contribution in [-0.2, 0) is 17.9 Å². The second kappa shape index (κ2) is 14.6. The summed E-state index contributed by atoms with van der Waals surface area (Å²) in [4.78, 5) is 42.9. The first-order chi connectivity index (χ1) is 20.0. The largest absolute Gasteiger partial charge is 0.481 e. The minimum Gasteiger partial charge on any atom is -0.481 e. The van der Waals surface area contributed by atoms with Gasteiger partial charge in [-0.1, -0.05) is 110 Å². The molecule has 41 heavy (non-hydrogen) atoms. The highest BCUT2D eigenvalue weighted by atomic mass is 16.4. The SMILES string of the molecule is CCCCN(Cc1ccccc1)C(=O)c1ccccc1-c1ccccc1C(=O)N(CCC(=O)O)Cc1ccccc1. The van der Waals surface area contributed by atoms with E-state index >= 15 is 0 Å². The molecule has 2 amide bonds. The average Bonchev–Trinajstić information content (AvgIpc) is 3.01. The van der Waals surface area contributed by atoms with Crippen molar-refractivity contribution in [2.75, 3.05) is 13.1 Å². The molecule has 0 bridgehead atoms. The topological polar surface area (TPSA) is 77.9 Å². The zero-order chi connectivity index (χ0) is 29.0. The van der Waals surface area contributed by atoms with Gasteiger partial charge in [0.2, 0.25) is 0 Å². The van der Waals surface area contributed by atoms with Crippen molar-refractivity contribution in [1.82, 2.24) is 9.80 Å². The minimum atomic E-state index is -0.967. The number of rotatable bonds is 13. The lowest BCUT2D eigenvalue weighted by molar-refractivity contribution is -0.137. The first-order valence-electron chi connectivity index (χ1n) is 14.0. The van der Waals surface area contributed by atoms with E-state index in [0.717, 1.165) is 24.0 Å². The summed E-state index contributed by atoms with van der Waals surface area (Å²) in [5.41, 5.74) is 4.24. The highest BCUT2D eigenvalue weighted by Crippen LogP contribution is 2.30. The molecule has 0 radical (unpaired) electrons. The van der Waals surface area contributed by atoms with Crippen LogP contribution in [0.5, 0.6) is 0 Å². The minimum absolute atomic E-state index is 0.0693. The second-order valence-corrected chi connectivity index (χ2v) is 10.0. The zero-order valence-corrected chi connectivity index (χ0v) is 23.4. The lowest BCUT2D eigenvalue weighted by Crippen LogP contribution is -2.33. The van der Waals surface area contributed by atoms with Crippen LogP contribution < -0.4 is 0 Å². The summed E-state index contributed by atoms with van der Waals surface area (Å²) in [7, 11) is 0. The van der Waals surface area contributed by atoms with Crippen molar-refractivity contribution < 1.29 is 19.5 Å². The van der Waals surface area contributed by atoms with Crippen LogP contribution in [0.2, 0.25) is 0 Å². The highest BCUT2D eigenvalue weighted by Gasteiger charge is 2.24. The molecule has 0 saturated carbocycles. The van der Waals surface area contributed by atoms with E-state index in [1.54, 1.807) is 17.0 Å². The summed E-state index contributed by atoms with van der Waals surface area (Å²) < 4.78 is 0. The monoisotopic (exact) mass is 548 g/mol. The fraction of sp³-hybridized carbons (Fsp3) is 0.229. The fourth-order valence-electron chi connectivity index (χ4n) is 4.84. The Kier molecular flexibility index (Phi) is 10.4. The van der Waals surface area contributed by atoms with Crippen LogP contribution in [0.3, 0.4) is 0 Å². The number of nitrogens with zero attached hydrogens (tertiary/aromatic N) is 2. The number of carboxylic acid groups (broad SMARTS) is 1. The molecular formula is C35H36N2O4. The van der Waals surface area contributed by atoms with Crippen molar-refractivity contribution in [3.05, 3.63) is 131 Å². The van der Waals surface area contributed by atoms with Gasteiger partial charge >= 0.3 is 5.97 Å². The molecule has 0 aliphatic rings. The summed E-state index contributed by atoms with van der Waals surface area (Å²) in [6.45, 7) is 3.57. The molecular weight excluding hydrogens is 512 g/mol. The molecule has 6 heteroatoms. The Morgan fingerprint density at radius 1 is 0.585 bits per heavy atom. The van der Waals surface area contributed by atoms with Crippen molar-refractivity contribution in [2.45, 2.75) is 39.3 Å². The third-order valence-electron chi connectivity index (χ3n) is 6.99. The molecule has 0 unspecified atom stereocenters. The van der Waals surface area contributed by atoms with E-state index in [-0.39, 0.29) is 31.3 Å². The maximum atomic E-state index is 14.0. The van der Waals surface area contributed by atoms with E-state index in [9.17, 15) is 19.5 Å². The maximum absolute atomic E-state index is 14.0. The predicted molar refractivity (Wildman–Crippen MR) is 161 cm³/mol. The molecule has 1 N–H and O–H groups in total. The number of hydrogen-bond acceptors (Lipinski definition) is 3. The molecule has 4 rings (SSSR count). The van der Waals surface area contributed by atoms with Crippen molar-refractivity contribution >= 4 is 17.8 Å². The number of carboxylic acids is 1. The Bertz CT molecular complexity index is 1450. The lowest BCUT2D eigenvalue weighted by Gasteiger charge is -2.26. The Morgan fingerprint density at radius 2 is 1.00 bits per heavy atom. The highest BCUT2D eigenvalue weighted by molar-refractivity contribution is 6.06.